The number of Topliss-reactive ketones (excluding diaryl/α,β-unsaturated/α-hetero) is 1. The number of nitrogens with one attached hydrogen (secondary N) is 1. The van der Waals surface area contributed by atoms with E-state index >= 15 is 0 Å². The van der Waals surface area contributed by atoms with Crippen LogP contribution < -0.4 is 0 Å². The zero-order chi connectivity index (χ0) is 17.6. The van der Waals surface area contributed by atoms with Crippen LogP contribution in [-0.2, 0) is 7.05 Å². The number of H-pyrrole nitrogens is 1. The standard InChI is InChI=1S/C18H17N5OS/c1-10-15(12-6-4-5-7-14(12)22-10)16(24)11(2)25-18-13-8-21-23(3)17(13)19-9-20-18/h4-9,11,22H,1-3H3/t11-/m0/s1. The van der Waals surface area contributed by atoms with Gasteiger partial charge in [-0.3, -0.25) is 9.48 Å². The quantitative estimate of drug-likeness (QED) is 0.346. The van der Waals surface area contributed by atoms with Crippen LogP contribution in [0.15, 0.2) is 41.8 Å². The minimum Gasteiger partial charge on any atom is -0.358 e. The highest BCUT2D eigenvalue weighted by Gasteiger charge is 2.23. The fraction of sp³-hybridized carbons (Fsp3) is 0.222. The van der Waals surface area contributed by atoms with Crippen molar-refractivity contribution in [3.63, 3.8) is 0 Å². The van der Waals surface area contributed by atoms with E-state index < -0.39 is 0 Å². The molecule has 0 aliphatic rings. The van der Waals surface area contributed by atoms with E-state index in [1.807, 2.05) is 45.2 Å². The SMILES string of the molecule is Cc1[nH]c2ccccc2c1C(=O)[C@H](C)Sc1ncnc2c1cnn2C. The molecule has 1 atom stereocenters. The van der Waals surface area contributed by atoms with Gasteiger partial charge in [0.1, 0.15) is 11.4 Å². The van der Waals surface area contributed by atoms with Gasteiger partial charge in [-0.25, -0.2) is 9.97 Å². The largest absolute Gasteiger partial charge is 0.358 e. The number of aromatic nitrogens is 5. The van der Waals surface area contributed by atoms with E-state index in [-0.39, 0.29) is 11.0 Å². The Morgan fingerprint density at radius 1 is 1.24 bits per heavy atom. The summed E-state index contributed by atoms with van der Waals surface area (Å²) < 4.78 is 1.71. The molecular formula is C18H17N5OS. The number of thioether (sulfide) groups is 1. The lowest BCUT2D eigenvalue weighted by Gasteiger charge is -2.10. The Hall–Kier alpha value is -2.67. The van der Waals surface area contributed by atoms with E-state index in [4.69, 9.17) is 0 Å². The Balaban J connectivity index is 1.69. The van der Waals surface area contributed by atoms with Crippen LogP contribution in [0.3, 0.4) is 0 Å². The maximum Gasteiger partial charge on any atom is 0.178 e. The van der Waals surface area contributed by atoms with Gasteiger partial charge in [-0.2, -0.15) is 5.10 Å². The Bertz CT molecular complexity index is 1100. The lowest BCUT2D eigenvalue weighted by molar-refractivity contribution is 0.0995. The third-order valence-corrected chi connectivity index (χ3v) is 5.41. The first kappa shape index (κ1) is 15.8. The summed E-state index contributed by atoms with van der Waals surface area (Å²) in [6.45, 7) is 3.85. The smallest absolute Gasteiger partial charge is 0.178 e. The number of aryl methyl sites for hydroxylation is 2. The van der Waals surface area contributed by atoms with Gasteiger partial charge in [0.25, 0.3) is 0 Å². The highest BCUT2D eigenvalue weighted by atomic mass is 32.2. The lowest BCUT2D eigenvalue weighted by atomic mass is 10.1. The molecule has 1 N–H and O–H groups in total. The van der Waals surface area contributed by atoms with Gasteiger partial charge < -0.3 is 4.98 Å². The number of hydrogen-bond donors (Lipinski definition) is 1. The molecule has 7 heteroatoms. The van der Waals surface area contributed by atoms with E-state index in [1.165, 1.54) is 18.1 Å². The van der Waals surface area contributed by atoms with Gasteiger partial charge in [0.15, 0.2) is 11.4 Å². The Morgan fingerprint density at radius 3 is 2.88 bits per heavy atom. The number of ketones is 1. The van der Waals surface area contributed by atoms with Crippen LogP contribution in [0.4, 0.5) is 0 Å². The van der Waals surface area contributed by atoms with Crippen molar-refractivity contribution in [2.45, 2.75) is 24.1 Å². The van der Waals surface area contributed by atoms with Gasteiger partial charge in [0.05, 0.1) is 16.8 Å². The number of para-hydroxylation sites is 1. The van der Waals surface area contributed by atoms with Crippen LogP contribution in [-0.4, -0.2) is 35.8 Å². The monoisotopic (exact) mass is 351 g/mol. The average Bonchev–Trinajstić information content (AvgIpc) is 3.14. The molecule has 4 aromatic rings. The third kappa shape index (κ3) is 2.60. The normalized spacial score (nSPS) is 12.8. The molecule has 4 rings (SSSR count). The molecule has 126 valence electrons. The van der Waals surface area contributed by atoms with Crippen LogP contribution >= 0.6 is 11.8 Å². The van der Waals surface area contributed by atoms with Crippen LogP contribution in [0.2, 0.25) is 0 Å². The number of aromatic amines is 1. The Morgan fingerprint density at radius 2 is 2.04 bits per heavy atom. The number of benzene rings is 1. The van der Waals surface area contributed by atoms with Crippen molar-refractivity contribution in [2.24, 2.45) is 7.05 Å². The average molecular weight is 351 g/mol. The summed E-state index contributed by atoms with van der Waals surface area (Å²) in [7, 11) is 1.84. The van der Waals surface area contributed by atoms with Crippen molar-refractivity contribution < 1.29 is 4.79 Å². The molecule has 0 radical (unpaired) electrons. The van der Waals surface area contributed by atoms with Crippen LogP contribution in [0, 0.1) is 6.92 Å². The molecule has 0 aliphatic heterocycles. The van der Waals surface area contributed by atoms with E-state index in [1.54, 1.807) is 10.9 Å². The zero-order valence-electron chi connectivity index (χ0n) is 14.1. The minimum absolute atomic E-state index is 0.0932. The second-order valence-corrected chi connectivity index (χ2v) is 7.31. The number of nitrogens with zero attached hydrogens (tertiary/aromatic N) is 4. The fourth-order valence-corrected chi connectivity index (χ4v) is 3.99. The molecule has 6 nitrogen and oxygen atoms in total. The number of carbonyl (C=O) groups is 1. The summed E-state index contributed by atoms with van der Waals surface area (Å²) in [4.78, 5) is 25.0. The van der Waals surface area contributed by atoms with Crippen LogP contribution in [0.25, 0.3) is 21.9 Å². The molecule has 3 aromatic heterocycles. The Kier molecular flexibility index (Phi) is 3.80. The first-order chi connectivity index (χ1) is 12.1. The molecule has 25 heavy (non-hydrogen) atoms. The van der Waals surface area contributed by atoms with E-state index in [0.717, 1.165) is 38.2 Å². The second-order valence-electron chi connectivity index (χ2n) is 5.98. The Labute approximate surface area is 148 Å². The lowest BCUT2D eigenvalue weighted by Crippen LogP contribution is -2.14. The molecule has 3 heterocycles. The summed E-state index contributed by atoms with van der Waals surface area (Å²) in [6, 6.07) is 7.88. The molecule has 0 spiro atoms. The molecule has 0 saturated carbocycles. The summed E-state index contributed by atoms with van der Waals surface area (Å²) in [5, 5.41) is 6.56. The van der Waals surface area contributed by atoms with Crippen molar-refractivity contribution in [2.75, 3.05) is 0 Å². The molecule has 0 aliphatic carbocycles. The predicted molar refractivity (Wildman–Crippen MR) is 99.0 cm³/mol. The van der Waals surface area contributed by atoms with Crippen molar-refractivity contribution in [3.8, 4) is 0 Å². The van der Waals surface area contributed by atoms with Gasteiger partial charge >= 0.3 is 0 Å². The van der Waals surface area contributed by atoms with Crippen LogP contribution in [0.1, 0.15) is 23.0 Å². The summed E-state index contributed by atoms with van der Waals surface area (Å²) in [5.74, 6) is 0.0932. The first-order valence-corrected chi connectivity index (χ1v) is 8.85. The van der Waals surface area contributed by atoms with Crippen molar-refractivity contribution in [3.05, 3.63) is 48.0 Å². The third-order valence-electron chi connectivity index (χ3n) is 4.29. The predicted octanol–water partition coefficient (Wildman–Crippen LogP) is 3.52. The maximum absolute atomic E-state index is 13.1. The van der Waals surface area contributed by atoms with Crippen molar-refractivity contribution in [1.82, 2.24) is 24.7 Å². The van der Waals surface area contributed by atoms with Crippen LogP contribution in [0.5, 0.6) is 0 Å². The fourth-order valence-electron chi connectivity index (χ4n) is 3.05. The zero-order valence-corrected chi connectivity index (χ0v) is 15.0. The molecule has 0 unspecified atom stereocenters. The van der Waals surface area contributed by atoms with E-state index in [2.05, 4.69) is 20.1 Å². The molecule has 0 amide bonds. The van der Waals surface area contributed by atoms with Crippen molar-refractivity contribution in [1.29, 1.82) is 0 Å². The second kappa shape index (κ2) is 6.00. The topological polar surface area (TPSA) is 76.5 Å². The van der Waals surface area contributed by atoms with Gasteiger partial charge in [0.2, 0.25) is 0 Å². The number of hydrogen-bond acceptors (Lipinski definition) is 5. The molecule has 0 saturated heterocycles. The summed E-state index contributed by atoms with van der Waals surface area (Å²) in [6.07, 6.45) is 3.26. The van der Waals surface area contributed by atoms with Gasteiger partial charge in [-0.05, 0) is 19.9 Å². The van der Waals surface area contributed by atoms with E-state index in [0.29, 0.717) is 0 Å². The number of carbonyl (C=O) groups excluding carboxylic acids is 1. The molecule has 0 bridgehead atoms. The van der Waals surface area contributed by atoms with Crippen molar-refractivity contribution >= 4 is 39.5 Å². The molecule has 1 aromatic carbocycles. The number of fused-ring (bicyclic) bond motifs is 2. The van der Waals surface area contributed by atoms with E-state index in [9.17, 15) is 4.79 Å². The summed E-state index contributed by atoms with van der Waals surface area (Å²) >= 11 is 1.44. The maximum atomic E-state index is 13.1. The molecular weight excluding hydrogens is 334 g/mol. The van der Waals surface area contributed by atoms with Gasteiger partial charge in [-0.15, -0.1) is 0 Å². The summed E-state index contributed by atoms with van der Waals surface area (Å²) in [5.41, 5.74) is 3.40. The van der Waals surface area contributed by atoms with Gasteiger partial charge in [0, 0.05) is 29.2 Å². The van der Waals surface area contributed by atoms with Gasteiger partial charge in [-0.1, -0.05) is 30.0 Å². The molecule has 0 fully saturated rings. The minimum atomic E-state index is -0.267. The number of rotatable bonds is 4. The highest BCUT2D eigenvalue weighted by molar-refractivity contribution is 8.00. The first-order valence-electron chi connectivity index (χ1n) is 7.97. The highest BCUT2D eigenvalue weighted by Crippen LogP contribution is 2.31.